The van der Waals surface area contributed by atoms with Crippen LogP contribution in [-0.2, 0) is 0 Å². The number of primary amides is 1. The normalized spacial score (nSPS) is 16.3. The van der Waals surface area contributed by atoms with Gasteiger partial charge in [-0.25, -0.2) is 0 Å². The molecule has 2 rings (SSSR count). The monoisotopic (exact) mass is 261 g/mol. The van der Waals surface area contributed by atoms with E-state index in [0.29, 0.717) is 11.6 Å². The van der Waals surface area contributed by atoms with Gasteiger partial charge in [-0.3, -0.25) is 4.79 Å². The van der Waals surface area contributed by atoms with E-state index < -0.39 is 5.91 Å². The van der Waals surface area contributed by atoms with Gasteiger partial charge >= 0.3 is 0 Å². The Labute approximate surface area is 114 Å². The van der Waals surface area contributed by atoms with Gasteiger partial charge in [0, 0.05) is 18.2 Å². The van der Waals surface area contributed by atoms with E-state index in [9.17, 15) is 4.79 Å². The lowest BCUT2D eigenvalue weighted by molar-refractivity contribution is 0.100. The molecule has 1 aliphatic carbocycles. The van der Waals surface area contributed by atoms with Gasteiger partial charge < -0.3 is 16.4 Å². The molecule has 0 unspecified atom stereocenters. The summed E-state index contributed by atoms with van der Waals surface area (Å²) >= 11 is 0. The molecule has 4 nitrogen and oxygen atoms in total. The Morgan fingerprint density at radius 3 is 2.58 bits per heavy atom. The number of hydrogen-bond donors (Lipinski definition) is 2. The SMILES string of the molecule is CCN(c1cc(C(N)=O)ccc1N)C1CCCCC1. The first-order valence-corrected chi connectivity index (χ1v) is 7.09. The van der Waals surface area contributed by atoms with Crippen LogP contribution in [0.5, 0.6) is 0 Å². The van der Waals surface area contributed by atoms with Crippen LogP contribution in [0, 0.1) is 0 Å². The molecule has 0 atom stereocenters. The van der Waals surface area contributed by atoms with E-state index in [0.717, 1.165) is 17.9 Å². The lowest BCUT2D eigenvalue weighted by Crippen LogP contribution is -2.37. The molecule has 0 spiro atoms. The van der Waals surface area contributed by atoms with Gasteiger partial charge in [-0.15, -0.1) is 0 Å². The number of nitrogens with zero attached hydrogens (tertiary/aromatic N) is 1. The molecule has 0 heterocycles. The highest BCUT2D eigenvalue weighted by molar-refractivity contribution is 5.95. The second-order valence-electron chi connectivity index (χ2n) is 5.22. The van der Waals surface area contributed by atoms with Crippen molar-refractivity contribution in [1.82, 2.24) is 0 Å². The van der Waals surface area contributed by atoms with Gasteiger partial charge in [0.05, 0.1) is 11.4 Å². The fourth-order valence-electron chi connectivity index (χ4n) is 2.96. The molecule has 1 aromatic rings. The van der Waals surface area contributed by atoms with Crippen molar-refractivity contribution in [2.24, 2.45) is 5.73 Å². The highest BCUT2D eigenvalue weighted by Gasteiger charge is 2.22. The summed E-state index contributed by atoms with van der Waals surface area (Å²) in [5.41, 5.74) is 13.6. The number of hydrogen-bond acceptors (Lipinski definition) is 3. The maximum atomic E-state index is 11.3. The first-order valence-electron chi connectivity index (χ1n) is 7.09. The second kappa shape index (κ2) is 5.95. The highest BCUT2D eigenvalue weighted by Crippen LogP contribution is 2.31. The zero-order chi connectivity index (χ0) is 13.8. The molecular weight excluding hydrogens is 238 g/mol. The van der Waals surface area contributed by atoms with Crippen molar-refractivity contribution >= 4 is 17.3 Å². The Bertz CT molecular complexity index is 453. The van der Waals surface area contributed by atoms with Gasteiger partial charge in [0.2, 0.25) is 5.91 Å². The summed E-state index contributed by atoms with van der Waals surface area (Å²) in [5.74, 6) is -0.402. The molecule has 1 saturated carbocycles. The van der Waals surface area contributed by atoms with Crippen LogP contribution >= 0.6 is 0 Å². The summed E-state index contributed by atoms with van der Waals surface area (Å²) in [6.07, 6.45) is 6.28. The molecule has 104 valence electrons. The van der Waals surface area contributed by atoms with E-state index in [1.54, 1.807) is 12.1 Å². The average Bonchev–Trinajstić information content (AvgIpc) is 2.42. The molecule has 1 amide bonds. The number of carbonyl (C=O) groups excluding carboxylic acids is 1. The Kier molecular flexibility index (Phi) is 4.30. The fraction of sp³-hybridized carbons (Fsp3) is 0.533. The maximum Gasteiger partial charge on any atom is 0.248 e. The predicted octanol–water partition coefficient (Wildman–Crippen LogP) is 2.53. The minimum atomic E-state index is -0.402. The molecule has 1 fully saturated rings. The number of anilines is 2. The van der Waals surface area contributed by atoms with E-state index >= 15 is 0 Å². The first kappa shape index (κ1) is 13.7. The van der Waals surface area contributed by atoms with Crippen molar-refractivity contribution in [1.29, 1.82) is 0 Å². The van der Waals surface area contributed by atoms with Gasteiger partial charge in [-0.1, -0.05) is 19.3 Å². The van der Waals surface area contributed by atoms with Crippen LogP contribution in [0.3, 0.4) is 0 Å². The minimum absolute atomic E-state index is 0.402. The number of benzene rings is 1. The van der Waals surface area contributed by atoms with Crippen LogP contribution in [-0.4, -0.2) is 18.5 Å². The lowest BCUT2D eigenvalue weighted by Gasteiger charge is -2.36. The Balaban J connectivity index is 2.30. The van der Waals surface area contributed by atoms with Crippen LogP contribution in [0.2, 0.25) is 0 Å². The fourth-order valence-corrected chi connectivity index (χ4v) is 2.96. The largest absolute Gasteiger partial charge is 0.397 e. The van der Waals surface area contributed by atoms with Crippen molar-refractivity contribution in [3.63, 3.8) is 0 Å². The third kappa shape index (κ3) is 3.00. The molecule has 0 aromatic heterocycles. The van der Waals surface area contributed by atoms with Gasteiger partial charge in [0.1, 0.15) is 0 Å². The minimum Gasteiger partial charge on any atom is -0.397 e. The number of rotatable bonds is 4. The summed E-state index contributed by atoms with van der Waals surface area (Å²) in [6.45, 7) is 3.03. The summed E-state index contributed by atoms with van der Waals surface area (Å²) in [6, 6.07) is 5.83. The third-order valence-corrected chi connectivity index (χ3v) is 3.98. The summed E-state index contributed by atoms with van der Waals surface area (Å²) < 4.78 is 0. The lowest BCUT2D eigenvalue weighted by atomic mass is 9.93. The molecule has 1 aromatic carbocycles. The molecular formula is C15H23N3O. The van der Waals surface area contributed by atoms with Crippen molar-refractivity contribution in [3.8, 4) is 0 Å². The molecule has 0 aliphatic heterocycles. The molecule has 0 saturated heterocycles. The Hall–Kier alpha value is -1.71. The van der Waals surface area contributed by atoms with E-state index in [1.807, 2.05) is 6.07 Å². The standard InChI is InChI=1S/C15H23N3O/c1-2-18(12-6-4-3-5-7-12)14-10-11(15(17)19)8-9-13(14)16/h8-10,12H,2-7,16H2,1H3,(H2,17,19). The van der Waals surface area contributed by atoms with Gasteiger partial charge in [-0.2, -0.15) is 0 Å². The highest BCUT2D eigenvalue weighted by atomic mass is 16.1. The first-order chi connectivity index (χ1) is 9.13. The van der Waals surface area contributed by atoms with Crippen molar-refractivity contribution in [2.45, 2.75) is 45.1 Å². The van der Waals surface area contributed by atoms with Crippen LogP contribution in [0.25, 0.3) is 0 Å². The predicted molar refractivity (Wildman–Crippen MR) is 79.3 cm³/mol. The number of amides is 1. The average molecular weight is 261 g/mol. The van der Waals surface area contributed by atoms with E-state index in [-0.39, 0.29) is 0 Å². The molecule has 0 bridgehead atoms. The zero-order valence-electron chi connectivity index (χ0n) is 11.6. The smallest absolute Gasteiger partial charge is 0.248 e. The number of nitrogen functional groups attached to an aromatic ring is 1. The van der Waals surface area contributed by atoms with Crippen LogP contribution in [0.4, 0.5) is 11.4 Å². The van der Waals surface area contributed by atoms with Crippen LogP contribution in [0.15, 0.2) is 18.2 Å². The summed E-state index contributed by atoms with van der Waals surface area (Å²) in [4.78, 5) is 13.6. The van der Waals surface area contributed by atoms with E-state index in [1.165, 1.54) is 32.1 Å². The Morgan fingerprint density at radius 1 is 1.32 bits per heavy atom. The van der Waals surface area contributed by atoms with E-state index in [4.69, 9.17) is 11.5 Å². The van der Waals surface area contributed by atoms with Gasteiger partial charge in [-0.05, 0) is 38.0 Å². The van der Waals surface area contributed by atoms with Crippen molar-refractivity contribution in [3.05, 3.63) is 23.8 Å². The summed E-state index contributed by atoms with van der Waals surface area (Å²) in [5, 5.41) is 0. The van der Waals surface area contributed by atoms with Crippen molar-refractivity contribution < 1.29 is 4.79 Å². The van der Waals surface area contributed by atoms with Crippen LogP contribution < -0.4 is 16.4 Å². The van der Waals surface area contributed by atoms with Gasteiger partial charge in [0.25, 0.3) is 0 Å². The summed E-state index contributed by atoms with van der Waals surface area (Å²) in [7, 11) is 0. The maximum absolute atomic E-state index is 11.3. The zero-order valence-corrected chi connectivity index (χ0v) is 11.6. The molecule has 0 radical (unpaired) electrons. The molecule has 1 aliphatic rings. The third-order valence-electron chi connectivity index (χ3n) is 3.98. The topological polar surface area (TPSA) is 72.3 Å². The molecule has 4 heteroatoms. The van der Waals surface area contributed by atoms with E-state index in [2.05, 4.69) is 11.8 Å². The molecule has 19 heavy (non-hydrogen) atoms. The number of carbonyl (C=O) groups is 1. The second-order valence-corrected chi connectivity index (χ2v) is 5.22. The Morgan fingerprint density at radius 2 is 2.00 bits per heavy atom. The number of nitrogens with two attached hydrogens (primary N) is 2. The molecule has 4 N–H and O–H groups in total. The van der Waals surface area contributed by atoms with Gasteiger partial charge in [0.15, 0.2) is 0 Å². The quantitative estimate of drug-likeness (QED) is 0.818. The van der Waals surface area contributed by atoms with Crippen molar-refractivity contribution in [2.75, 3.05) is 17.2 Å². The van der Waals surface area contributed by atoms with Crippen LogP contribution in [0.1, 0.15) is 49.4 Å².